The van der Waals surface area contributed by atoms with Crippen molar-refractivity contribution in [3.63, 3.8) is 0 Å². The van der Waals surface area contributed by atoms with Crippen molar-refractivity contribution in [2.75, 3.05) is 12.4 Å². The molecular weight excluding hydrogens is 384 g/mol. The summed E-state index contributed by atoms with van der Waals surface area (Å²) in [5.74, 6) is 1.08. The molecule has 0 aliphatic carbocycles. The van der Waals surface area contributed by atoms with Gasteiger partial charge in [-0.2, -0.15) is 0 Å². The number of nitrogens with one attached hydrogen (secondary N) is 2. The second kappa shape index (κ2) is 7.48. The van der Waals surface area contributed by atoms with Crippen LogP contribution < -0.4 is 15.6 Å². The van der Waals surface area contributed by atoms with E-state index in [0.29, 0.717) is 18.1 Å². The summed E-state index contributed by atoms with van der Waals surface area (Å²) in [6.45, 7) is 1.99. The van der Waals surface area contributed by atoms with Crippen LogP contribution in [0, 0.1) is 6.92 Å². The minimum absolute atomic E-state index is 0.262. The molecule has 1 aromatic heterocycles. The second-order valence-electron chi connectivity index (χ2n) is 5.56. The van der Waals surface area contributed by atoms with Gasteiger partial charge in [0.25, 0.3) is 5.56 Å². The molecule has 0 aliphatic heterocycles. The van der Waals surface area contributed by atoms with Crippen LogP contribution in [-0.2, 0) is 6.42 Å². The van der Waals surface area contributed by atoms with E-state index in [4.69, 9.17) is 4.74 Å². The van der Waals surface area contributed by atoms with Crippen molar-refractivity contribution < 1.29 is 4.74 Å². The molecule has 0 radical (unpaired) electrons. The van der Waals surface area contributed by atoms with Crippen molar-refractivity contribution in [1.82, 2.24) is 15.2 Å². The number of hydrogen-bond donors (Lipinski definition) is 2. The highest BCUT2D eigenvalue weighted by Gasteiger charge is 2.07. The van der Waals surface area contributed by atoms with Crippen LogP contribution in [0.4, 0.5) is 11.6 Å². The number of rotatable bonds is 5. The van der Waals surface area contributed by atoms with Crippen LogP contribution in [0.15, 0.2) is 51.7 Å². The first-order valence-electron chi connectivity index (χ1n) is 7.67. The van der Waals surface area contributed by atoms with Gasteiger partial charge >= 0.3 is 0 Å². The predicted octanol–water partition coefficient (Wildman–Crippen LogP) is 3.58. The maximum atomic E-state index is 12.2. The lowest BCUT2D eigenvalue weighted by Crippen LogP contribution is -2.18. The van der Waals surface area contributed by atoms with Crippen LogP contribution in [0.3, 0.4) is 0 Å². The number of anilines is 2. The largest absolute Gasteiger partial charge is 0.497 e. The molecule has 0 aliphatic rings. The summed E-state index contributed by atoms with van der Waals surface area (Å²) in [6, 6.07) is 13.3. The average molecular weight is 401 g/mol. The van der Waals surface area contributed by atoms with Crippen molar-refractivity contribution >= 4 is 27.6 Å². The highest BCUT2D eigenvalue weighted by Crippen LogP contribution is 2.21. The van der Waals surface area contributed by atoms with Gasteiger partial charge in [-0.05, 0) is 48.4 Å². The molecule has 0 saturated heterocycles. The Labute approximate surface area is 153 Å². The fraction of sp³-hybridized carbons (Fsp3) is 0.167. The first-order chi connectivity index (χ1) is 12.0. The van der Waals surface area contributed by atoms with E-state index in [1.54, 1.807) is 7.11 Å². The normalized spacial score (nSPS) is 10.5. The zero-order chi connectivity index (χ0) is 17.8. The fourth-order valence-corrected chi connectivity index (χ4v) is 2.57. The zero-order valence-electron chi connectivity index (χ0n) is 13.8. The number of H-pyrrole nitrogens is 1. The standard InChI is InChI=1S/C18H17BrN4O2/c1-11-9-13(5-8-15(11)19)20-18-21-17(24)16(22-23-18)10-12-3-6-14(25-2)7-4-12/h3-9H,10H2,1-2H3,(H2,20,21,23,24). The number of ether oxygens (including phenoxy) is 1. The Morgan fingerprint density at radius 2 is 1.92 bits per heavy atom. The molecule has 7 heteroatoms. The van der Waals surface area contributed by atoms with Gasteiger partial charge in [-0.1, -0.05) is 28.1 Å². The summed E-state index contributed by atoms with van der Waals surface area (Å²) in [5, 5.41) is 11.2. The monoisotopic (exact) mass is 400 g/mol. The molecule has 0 amide bonds. The van der Waals surface area contributed by atoms with Crippen molar-refractivity contribution in [1.29, 1.82) is 0 Å². The van der Waals surface area contributed by atoms with E-state index in [0.717, 1.165) is 27.0 Å². The number of aromatic amines is 1. The summed E-state index contributed by atoms with van der Waals surface area (Å²) in [5.41, 5.74) is 2.97. The third kappa shape index (κ3) is 4.24. The van der Waals surface area contributed by atoms with Crippen molar-refractivity contribution in [2.45, 2.75) is 13.3 Å². The van der Waals surface area contributed by atoms with Crippen LogP contribution in [0.25, 0.3) is 0 Å². The van der Waals surface area contributed by atoms with Crippen molar-refractivity contribution in [3.8, 4) is 5.75 Å². The van der Waals surface area contributed by atoms with Gasteiger partial charge in [-0.25, -0.2) is 0 Å². The van der Waals surface area contributed by atoms with Crippen LogP contribution in [0.5, 0.6) is 5.75 Å². The Bertz CT molecular complexity index is 939. The van der Waals surface area contributed by atoms with Crippen LogP contribution in [0.1, 0.15) is 16.8 Å². The van der Waals surface area contributed by atoms with E-state index in [1.165, 1.54) is 0 Å². The minimum Gasteiger partial charge on any atom is -0.497 e. The van der Waals surface area contributed by atoms with E-state index in [1.807, 2.05) is 49.4 Å². The summed E-state index contributed by atoms with van der Waals surface area (Å²) in [4.78, 5) is 15.0. The highest BCUT2D eigenvalue weighted by molar-refractivity contribution is 9.10. The molecule has 2 aromatic carbocycles. The topological polar surface area (TPSA) is 79.9 Å². The number of aromatic nitrogens is 3. The first-order valence-corrected chi connectivity index (χ1v) is 8.46. The Morgan fingerprint density at radius 1 is 1.16 bits per heavy atom. The average Bonchev–Trinajstić information content (AvgIpc) is 2.61. The molecule has 0 bridgehead atoms. The molecule has 128 valence electrons. The smallest absolute Gasteiger partial charge is 0.274 e. The van der Waals surface area contributed by atoms with Gasteiger partial charge in [0, 0.05) is 16.6 Å². The van der Waals surface area contributed by atoms with Crippen LogP contribution >= 0.6 is 15.9 Å². The van der Waals surface area contributed by atoms with Crippen molar-refractivity contribution in [3.05, 3.63) is 74.1 Å². The number of nitrogens with zero attached hydrogens (tertiary/aromatic N) is 2. The third-order valence-electron chi connectivity index (χ3n) is 3.72. The van der Waals surface area contributed by atoms with Gasteiger partial charge < -0.3 is 10.1 Å². The number of hydrogen-bond acceptors (Lipinski definition) is 5. The van der Waals surface area contributed by atoms with Gasteiger partial charge in [0.2, 0.25) is 5.95 Å². The second-order valence-corrected chi connectivity index (χ2v) is 6.42. The molecule has 25 heavy (non-hydrogen) atoms. The quantitative estimate of drug-likeness (QED) is 0.683. The molecular formula is C18H17BrN4O2. The molecule has 0 atom stereocenters. The lowest BCUT2D eigenvalue weighted by molar-refractivity contribution is 0.414. The van der Waals surface area contributed by atoms with Crippen molar-refractivity contribution in [2.24, 2.45) is 0 Å². The first kappa shape index (κ1) is 17.2. The molecule has 0 spiro atoms. The minimum atomic E-state index is -0.262. The molecule has 0 saturated carbocycles. The third-order valence-corrected chi connectivity index (χ3v) is 4.61. The molecule has 3 aromatic rings. The van der Waals surface area contributed by atoms with E-state index in [9.17, 15) is 4.79 Å². The Hall–Kier alpha value is -2.67. The maximum Gasteiger partial charge on any atom is 0.274 e. The summed E-state index contributed by atoms with van der Waals surface area (Å²) >= 11 is 3.46. The Morgan fingerprint density at radius 3 is 2.56 bits per heavy atom. The van der Waals surface area contributed by atoms with E-state index < -0.39 is 0 Å². The van der Waals surface area contributed by atoms with Gasteiger partial charge in [0.05, 0.1) is 7.11 Å². The van der Waals surface area contributed by atoms with Crippen LogP contribution in [-0.4, -0.2) is 22.3 Å². The lowest BCUT2D eigenvalue weighted by Gasteiger charge is -2.07. The van der Waals surface area contributed by atoms with Gasteiger partial charge in [-0.15, -0.1) is 10.2 Å². The summed E-state index contributed by atoms with van der Waals surface area (Å²) in [7, 11) is 1.61. The molecule has 6 nitrogen and oxygen atoms in total. The maximum absolute atomic E-state index is 12.2. The number of aryl methyl sites for hydroxylation is 1. The number of methoxy groups -OCH3 is 1. The van der Waals surface area contributed by atoms with Crippen LogP contribution in [0.2, 0.25) is 0 Å². The van der Waals surface area contributed by atoms with E-state index in [-0.39, 0.29) is 5.56 Å². The molecule has 3 rings (SSSR count). The predicted molar refractivity (Wildman–Crippen MR) is 101 cm³/mol. The number of halogens is 1. The van der Waals surface area contributed by atoms with Gasteiger partial charge in [0.15, 0.2) is 0 Å². The number of benzene rings is 2. The fourth-order valence-electron chi connectivity index (χ4n) is 2.33. The molecule has 2 N–H and O–H groups in total. The van der Waals surface area contributed by atoms with E-state index >= 15 is 0 Å². The zero-order valence-corrected chi connectivity index (χ0v) is 15.4. The Kier molecular flexibility index (Phi) is 5.14. The SMILES string of the molecule is COc1ccc(Cc2nnc(Nc3ccc(Br)c(C)c3)[nH]c2=O)cc1. The van der Waals surface area contributed by atoms with E-state index in [2.05, 4.69) is 36.4 Å². The molecule has 0 unspecified atom stereocenters. The Balaban J connectivity index is 1.75. The van der Waals surface area contributed by atoms with Gasteiger partial charge in [-0.3, -0.25) is 9.78 Å². The lowest BCUT2D eigenvalue weighted by atomic mass is 10.1. The molecule has 0 fully saturated rings. The molecule has 1 heterocycles. The summed E-state index contributed by atoms with van der Waals surface area (Å²) < 4.78 is 6.14. The summed E-state index contributed by atoms with van der Waals surface area (Å²) in [6.07, 6.45) is 0.407. The van der Waals surface area contributed by atoms with Gasteiger partial charge in [0.1, 0.15) is 11.4 Å². The highest BCUT2D eigenvalue weighted by atomic mass is 79.9.